The summed E-state index contributed by atoms with van der Waals surface area (Å²) in [5, 5.41) is 6.61. The van der Waals surface area contributed by atoms with Gasteiger partial charge in [0.1, 0.15) is 11.0 Å². The number of halogens is 1. The van der Waals surface area contributed by atoms with Crippen LogP contribution in [0.2, 0.25) is 5.02 Å². The lowest BCUT2D eigenvalue weighted by molar-refractivity contribution is -0.121. The zero-order valence-corrected chi connectivity index (χ0v) is 12.1. The Balaban J connectivity index is 2.08. The molecule has 1 atom stereocenters. The second kappa shape index (κ2) is 5.75. The normalized spacial score (nSPS) is 15.7. The highest BCUT2D eigenvalue weighted by Gasteiger charge is 2.25. The fraction of sp³-hybridized carbons (Fsp3) is 0.385. The van der Waals surface area contributed by atoms with Crippen LogP contribution in [0.3, 0.4) is 0 Å². The topological polar surface area (TPSA) is 67.1 Å². The Kier molecular flexibility index (Phi) is 4.27. The quantitative estimate of drug-likeness (QED) is 0.728. The molecule has 1 aliphatic rings. The van der Waals surface area contributed by atoms with Crippen LogP contribution in [0.4, 0.5) is 5.69 Å². The van der Waals surface area contributed by atoms with Crippen LogP contribution < -0.4 is 16.4 Å². The lowest BCUT2D eigenvalue weighted by atomic mass is 10.1. The lowest BCUT2D eigenvalue weighted by Gasteiger charge is -2.17. The van der Waals surface area contributed by atoms with Gasteiger partial charge in [-0.2, -0.15) is 0 Å². The minimum atomic E-state index is -0.352. The number of hydrogen-bond acceptors (Lipinski definition) is 3. The molecule has 0 bridgehead atoms. The number of nitrogens with one attached hydrogen (secondary N) is 2. The molecule has 2 rings (SSSR count). The first-order valence-corrected chi connectivity index (χ1v) is 6.92. The molecule has 0 aliphatic heterocycles. The van der Waals surface area contributed by atoms with Gasteiger partial charge in [0.2, 0.25) is 5.91 Å². The Morgan fingerprint density at radius 2 is 2.21 bits per heavy atom. The molecule has 0 saturated heterocycles. The average molecular weight is 298 g/mol. The summed E-state index contributed by atoms with van der Waals surface area (Å²) in [7, 11) is 0. The molecule has 1 fully saturated rings. The summed E-state index contributed by atoms with van der Waals surface area (Å²) in [6.45, 7) is 1.80. The van der Waals surface area contributed by atoms with Gasteiger partial charge in [-0.25, -0.2) is 0 Å². The molecule has 1 amide bonds. The molecule has 0 heterocycles. The molecule has 1 unspecified atom stereocenters. The molecule has 0 radical (unpaired) electrons. The van der Waals surface area contributed by atoms with E-state index in [0.717, 1.165) is 18.5 Å². The Labute approximate surface area is 122 Å². The first kappa shape index (κ1) is 14.1. The number of thiocarbonyl (C=S) groups is 1. The number of amides is 1. The summed E-state index contributed by atoms with van der Waals surface area (Å²) in [5.41, 5.74) is 7.02. The number of hydrogen-bond donors (Lipinski definition) is 3. The maximum absolute atomic E-state index is 11.9. The summed E-state index contributed by atoms with van der Waals surface area (Å²) in [5.74, 6) is -0.0219. The molecule has 102 valence electrons. The predicted octanol–water partition coefficient (Wildman–Crippen LogP) is 2.05. The summed E-state index contributed by atoms with van der Waals surface area (Å²) < 4.78 is 0. The highest BCUT2D eigenvalue weighted by Crippen LogP contribution is 2.22. The van der Waals surface area contributed by atoms with Crippen LogP contribution in [0.1, 0.15) is 25.3 Å². The van der Waals surface area contributed by atoms with Crippen LogP contribution >= 0.6 is 23.8 Å². The minimum Gasteiger partial charge on any atom is -0.389 e. The van der Waals surface area contributed by atoms with Gasteiger partial charge in [0.15, 0.2) is 0 Å². The van der Waals surface area contributed by atoms with Crippen LogP contribution in [-0.2, 0) is 4.79 Å². The van der Waals surface area contributed by atoms with Gasteiger partial charge in [0.05, 0.1) is 0 Å². The minimum absolute atomic E-state index is 0.0219. The molecule has 1 saturated carbocycles. The van der Waals surface area contributed by atoms with E-state index in [0.29, 0.717) is 16.6 Å². The van der Waals surface area contributed by atoms with E-state index in [2.05, 4.69) is 10.6 Å². The van der Waals surface area contributed by atoms with Gasteiger partial charge < -0.3 is 16.4 Å². The molecular formula is C13H16ClN3OS. The van der Waals surface area contributed by atoms with E-state index in [9.17, 15) is 4.79 Å². The fourth-order valence-corrected chi connectivity index (χ4v) is 2.04. The van der Waals surface area contributed by atoms with Crippen molar-refractivity contribution in [3.05, 3.63) is 28.8 Å². The zero-order valence-electron chi connectivity index (χ0n) is 10.6. The number of carbonyl (C=O) groups excluding carboxylic acids is 1. The first-order chi connectivity index (χ1) is 8.97. The lowest BCUT2D eigenvalue weighted by Crippen LogP contribution is -2.39. The summed E-state index contributed by atoms with van der Waals surface area (Å²) in [4.78, 5) is 12.1. The number of nitrogens with two attached hydrogens (primary N) is 1. The summed E-state index contributed by atoms with van der Waals surface area (Å²) >= 11 is 10.9. The zero-order chi connectivity index (χ0) is 14.0. The van der Waals surface area contributed by atoms with Gasteiger partial charge in [-0.1, -0.05) is 23.8 Å². The molecule has 1 aliphatic carbocycles. The van der Waals surface area contributed by atoms with E-state index < -0.39 is 0 Å². The number of anilines is 1. The maximum atomic E-state index is 11.9. The van der Waals surface area contributed by atoms with E-state index in [1.54, 1.807) is 25.1 Å². The third-order valence-corrected chi connectivity index (χ3v) is 3.39. The van der Waals surface area contributed by atoms with Crippen LogP contribution in [0.5, 0.6) is 0 Å². The maximum Gasteiger partial charge on any atom is 0.242 e. The molecule has 0 spiro atoms. The fourth-order valence-electron chi connectivity index (χ4n) is 1.70. The monoisotopic (exact) mass is 297 g/mol. The van der Waals surface area contributed by atoms with Gasteiger partial charge in [-0.05, 0) is 38.0 Å². The van der Waals surface area contributed by atoms with Crippen molar-refractivity contribution in [2.45, 2.75) is 31.8 Å². The van der Waals surface area contributed by atoms with Crippen molar-refractivity contribution < 1.29 is 4.79 Å². The van der Waals surface area contributed by atoms with Gasteiger partial charge in [0, 0.05) is 22.3 Å². The molecule has 6 heteroatoms. The van der Waals surface area contributed by atoms with Crippen molar-refractivity contribution >= 4 is 40.4 Å². The van der Waals surface area contributed by atoms with Gasteiger partial charge >= 0.3 is 0 Å². The largest absolute Gasteiger partial charge is 0.389 e. The van der Waals surface area contributed by atoms with E-state index in [1.165, 1.54) is 0 Å². The number of benzene rings is 1. The standard InChI is InChI=1S/C13H16ClN3OS/c1-7(13(18)17-9-3-4-9)16-11-5-2-8(14)6-10(11)12(15)19/h2,5-7,9,16H,3-4H2,1H3,(H2,15,19)(H,17,18). The number of carbonyl (C=O) groups is 1. The first-order valence-electron chi connectivity index (χ1n) is 6.13. The highest BCUT2D eigenvalue weighted by atomic mass is 35.5. The third-order valence-electron chi connectivity index (χ3n) is 2.94. The van der Waals surface area contributed by atoms with Gasteiger partial charge in [-0.3, -0.25) is 4.79 Å². The van der Waals surface area contributed by atoms with E-state index >= 15 is 0 Å². The summed E-state index contributed by atoms with van der Waals surface area (Å²) in [6.07, 6.45) is 2.13. The smallest absolute Gasteiger partial charge is 0.242 e. The second-order valence-corrected chi connectivity index (χ2v) is 5.58. The molecular weight excluding hydrogens is 282 g/mol. The van der Waals surface area contributed by atoms with E-state index in [4.69, 9.17) is 29.6 Å². The molecule has 1 aromatic carbocycles. The Morgan fingerprint density at radius 1 is 1.53 bits per heavy atom. The summed E-state index contributed by atoms with van der Waals surface area (Å²) in [6, 6.07) is 5.19. The SMILES string of the molecule is CC(Nc1ccc(Cl)cc1C(N)=S)C(=O)NC1CC1. The molecule has 1 aromatic rings. The van der Waals surface area contributed by atoms with Crippen LogP contribution in [0.25, 0.3) is 0 Å². The van der Waals surface area contributed by atoms with Crippen molar-refractivity contribution in [2.75, 3.05) is 5.32 Å². The third kappa shape index (κ3) is 3.81. The van der Waals surface area contributed by atoms with Crippen LogP contribution in [-0.4, -0.2) is 23.0 Å². The Morgan fingerprint density at radius 3 is 2.79 bits per heavy atom. The molecule has 4 nitrogen and oxygen atoms in total. The van der Waals surface area contributed by atoms with Crippen LogP contribution in [0.15, 0.2) is 18.2 Å². The molecule has 19 heavy (non-hydrogen) atoms. The molecule has 0 aromatic heterocycles. The van der Waals surface area contributed by atoms with Crippen molar-refractivity contribution in [1.29, 1.82) is 0 Å². The van der Waals surface area contributed by atoms with Gasteiger partial charge in [0.25, 0.3) is 0 Å². The van der Waals surface area contributed by atoms with Crippen LogP contribution in [0, 0.1) is 0 Å². The second-order valence-electron chi connectivity index (χ2n) is 4.70. The van der Waals surface area contributed by atoms with E-state index in [-0.39, 0.29) is 16.9 Å². The highest BCUT2D eigenvalue weighted by molar-refractivity contribution is 7.80. The van der Waals surface area contributed by atoms with E-state index in [1.807, 2.05) is 0 Å². The Hall–Kier alpha value is -1.33. The van der Waals surface area contributed by atoms with Gasteiger partial charge in [-0.15, -0.1) is 0 Å². The van der Waals surface area contributed by atoms with Crippen molar-refractivity contribution in [3.63, 3.8) is 0 Å². The average Bonchev–Trinajstić information content (AvgIpc) is 3.14. The van der Waals surface area contributed by atoms with Crippen molar-refractivity contribution in [3.8, 4) is 0 Å². The predicted molar refractivity (Wildman–Crippen MR) is 81.6 cm³/mol. The Bertz CT molecular complexity index is 517. The number of rotatable bonds is 5. The molecule has 4 N–H and O–H groups in total. The van der Waals surface area contributed by atoms with Crippen molar-refractivity contribution in [2.24, 2.45) is 5.73 Å². The van der Waals surface area contributed by atoms with Crippen molar-refractivity contribution in [1.82, 2.24) is 5.32 Å².